The van der Waals surface area contributed by atoms with Crippen molar-refractivity contribution in [3.63, 3.8) is 0 Å². The van der Waals surface area contributed by atoms with E-state index in [0.717, 1.165) is 11.9 Å². The molecule has 0 aliphatic carbocycles. The highest BCUT2D eigenvalue weighted by molar-refractivity contribution is 7.99. The van der Waals surface area contributed by atoms with E-state index in [-0.39, 0.29) is 18.9 Å². The van der Waals surface area contributed by atoms with Gasteiger partial charge in [0.15, 0.2) is 0 Å². The predicted octanol–water partition coefficient (Wildman–Crippen LogP) is 2.33. The minimum absolute atomic E-state index is 0.0960. The number of nitrogens with zero attached hydrogens (tertiary/aromatic N) is 3. The van der Waals surface area contributed by atoms with Crippen molar-refractivity contribution in [2.45, 2.75) is 24.4 Å². The standard InChI is InChI=1S/C19H18F3N3O5S/c1-3-29-17(27)10-30-23-13-6-7-31-14-5-4-11(8-12(13)14)25-16(26)9-15(19(20,21)22)24(2)18(25)28/h4-5,8-9H,3,6-7,10H2,1-2H3/b23-13+. The van der Waals surface area contributed by atoms with Crippen LogP contribution in [0.5, 0.6) is 0 Å². The lowest BCUT2D eigenvalue weighted by atomic mass is 10.1. The molecule has 0 unspecified atom stereocenters. The van der Waals surface area contributed by atoms with Crippen LogP contribution in [0.15, 0.2) is 43.9 Å². The van der Waals surface area contributed by atoms with Gasteiger partial charge >= 0.3 is 17.8 Å². The van der Waals surface area contributed by atoms with Crippen molar-refractivity contribution in [2.75, 3.05) is 19.0 Å². The first-order chi connectivity index (χ1) is 14.6. The summed E-state index contributed by atoms with van der Waals surface area (Å²) >= 11 is 1.51. The Morgan fingerprint density at radius 2 is 2.00 bits per heavy atom. The van der Waals surface area contributed by atoms with Gasteiger partial charge in [-0.3, -0.25) is 9.36 Å². The molecule has 1 aromatic carbocycles. The molecule has 2 aromatic rings. The van der Waals surface area contributed by atoms with E-state index in [9.17, 15) is 27.6 Å². The maximum Gasteiger partial charge on any atom is 0.431 e. The smallest absolute Gasteiger partial charge is 0.431 e. The van der Waals surface area contributed by atoms with E-state index in [4.69, 9.17) is 9.57 Å². The van der Waals surface area contributed by atoms with Crippen molar-refractivity contribution in [1.29, 1.82) is 0 Å². The quantitative estimate of drug-likeness (QED) is 0.506. The van der Waals surface area contributed by atoms with E-state index in [1.165, 1.54) is 23.9 Å². The SMILES string of the molecule is CCOC(=O)CO/N=C1\CCSc2ccc(-n3c(=O)cc(C(F)(F)F)n(C)c3=O)cc21. The van der Waals surface area contributed by atoms with Gasteiger partial charge in [0, 0.05) is 35.7 Å². The average molecular weight is 457 g/mol. The number of benzene rings is 1. The molecule has 1 aliphatic rings. The number of alkyl halides is 3. The van der Waals surface area contributed by atoms with Crippen LogP contribution in [-0.2, 0) is 27.6 Å². The Morgan fingerprint density at radius 1 is 1.26 bits per heavy atom. The predicted molar refractivity (Wildman–Crippen MR) is 107 cm³/mol. The fourth-order valence-corrected chi connectivity index (χ4v) is 4.01. The zero-order valence-electron chi connectivity index (χ0n) is 16.6. The maximum absolute atomic E-state index is 13.1. The fraction of sp³-hybridized carbons (Fsp3) is 0.368. The van der Waals surface area contributed by atoms with Gasteiger partial charge in [0.05, 0.1) is 18.0 Å². The van der Waals surface area contributed by atoms with Gasteiger partial charge in [-0.1, -0.05) is 5.16 Å². The number of halogens is 3. The molecule has 0 atom stereocenters. The molecule has 31 heavy (non-hydrogen) atoms. The monoisotopic (exact) mass is 457 g/mol. The highest BCUT2D eigenvalue weighted by atomic mass is 32.2. The molecule has 0 saturated carbocycles. The Morgan fingerprint density at radius 3 is 2.68 bits per heavy atom. The number of oxime groups is 1. The average Bonchev–Trinajstić information content (AvgIpc) is 2.70. The molecule has 0 amide bonds. The highest BCUT2D eigenvalue weighted by Gasteiger charge is 2.35. The van der Waals surface area contributed by atoms with Crippen LogP contribution in [0.25, 0.3) is 5.69 Å². The molecule has 0 bridgehead atoms. The van der Waals surface area contributed by atoms with Gasteiger partial charge in [-0.05, 0) is 25.1 Å². The second kappa shape index (κ2) is 9.00. The van der Waals surface area contributed by atoms with Crippen LogP contribution >= 0.6 is 11.8 Å². The highest BCUT2D eigenvalue weighted by Crippen LogP contribution is 2.32. The number of carbonyl (C=O) groups excluding carboxylic acids is 1. The Hall–Kier alpha value is -3.02. The van der Waals surface area contributed by atoms with Gasteiger partial charge in [0.1, 0.15) is 5.69 Å². The number of hydrogen-bond acceptors (Lipinski definition) is 7. The Labute approximate surface area is 178 Å². The third-order valence-electron chi connectivity index (χ3n) is 4.40. The van der Waals surface area contributed by atoms with Crippen LogP contribution in [0.4, 0.5) is 13.2 Å². The third kappa shape index (κ3) is 4.84. The number of thioether (sulfide) groups is 1. The lowest BCUT2D eigenvalue weighted by molar-refractivity contribution is -0.148. The summed E-state index contributed by atoms with van der Waals surface area (Å²) in [6, 6.07) is 5.00. The number of carbonyl (C=O) groups is 1. The summed E-state index contributed by atoms with van der Waals surface area (Å²) in [6.45, 7) is 1.49. The number of ether oxygens (including phenoxy) is 1. The molecule has 0 N–H and O–H groups in total. The van der Waals surface area contributed by atoms with E-state index >= 15 is 0 Å². The first kappa shape index (κ1) is 22.7. The van der Waals surface area contributed by atoms with Crippen molar-refractivity contribution in [1.82, 2.24) is 9.13 Å². The minimum Gasteiger partial charge on any atom is -0.463 e. The van der Waals surface area contributed by atoms with Crippen LogP contribution in [0.1, 0.15) is 24.6 Å². The first-order valence-electron chi connectivity index (χ1n) is 9.15. The number of hydrogen-bond donors (Lipinski definition) is 0. The van der Waals surface area contributed by atoms with Crippen LogP contribution in [-0.4, -0.2) is 39.8 Å². The molecule has 12 heteroatoms. The number of rotatable bonds is 5. The third-order valence-corrected chi connectivity index (χ3v) is 5.48. The lowest BCUT2D eigenvalue weighted by Gasteiger charge is -2.19. The Bertz CT molecular complexity index is 1150. The molecule has 0 fully saturated rings. The molecule has 166 valence electrons. The summed E-state index contributed by atoms with van der Waals surface area (Å²) in [5.74, 6) is 0.112. The van der Waals surface area contributed by atoms with Gasteiger partial charge in [0.25, 0.3) is 5.56 Å². The summed E-state index contributed by atoms with van der Waals surface area (Å²) in [5.41, 5.74) is -2.42. The largest absolute Gasteiger partial charge is 0.463 e. The Balaban J connectivity index is 2.02. The molecule has 0 spiro atoms. The molecule has 1 aliphatic heterocycles. The summed E-state index contributed by atoms with van der Waals surface area (Å²) < 4.78 is 45.0. The van der Waals surface area contributed by atoms with Crippen molar-refractivity contribution >= 4 is 23.4 Å². The molecular formula is C19H18F3N3O5S. The molecule has 0 radical (unpaired) electrons. The molecule has 1 aromatic heterocycles. The number of fused-ring (bicyclic) bond motifs is 1. The molecule has 3 rings (SSSR count). The van der Waals surface area contributed by atoms with Gasteiger partial charge in [0.2, 0.25) is 6.61 Å². The molecule has 2 heterocycles. The molecule has 8 nitrogen and oxygen atoms in total. The second-order valence-corrected chi connectivity index (χ2v) is 7.57. The summed E-state index contributed by atoms with van der Waals surface area (Å²) in [6.07, 6.45) is -4.35. The summed E-state index contributed by atoms with van der Waals surface area (Å²) in [5, 5.41) is 3.97. The second-order valence-electron chi connectivity index (χ2n) is 6.44. The van der Waals surface area contributed by atoms with Gasteiger partial charge in [-0.25, -0.2) is 14.2 Å². The molecule has 0 saturated heterocycles. The van der Waals surface area contributed by atoms with E-state index in [1.54, 1.807) is 13.0 Å². The molecular weight excluding hydrogens is 439 g/mol. The topological polar surface area (TPSA) is 91.9 Å². The maximum atomic E-state index is 13.1. The van der Waals surface area contributed by atoms with Gasteiger partial charge in [-0.2, -0.15) is 13.2 Å². The van der Waals surface area contributed by atoms with Crippen molar-refractivity contribution in [3.8, 4) is 5.69 Å². The number of esters is 1. The fourth-order valence-electron chi connectivity index (χ4n) is 3.00. The summed E-state index contributed by atoms with van der Waals surface area (Å²) in [4.78, 5) is 42.1. The van der Waals surface area contributed by atoms with Crippen molar-refractivity contribution < 1.29 is 27.5 Å². The van der Waals surface area contributed by atoms with E-state index < -0.39 is 29.1 Å². The van der Waals surface area contributed by atoms with Crippen LogP contribution in [0.3, 0.4) is 0 Å². The van der Waals surface area contributed by atoms with E-state index in [1.807, 2.05) is 0 Å². The zero-order valence-corrected chi connectivity index (χ0v) is 17.4. The van der Waals surface area contributed by atoms with Crippen molar-refractivity contribution in [2.24, 2.45) is 12.2 Å². The van der Waals surface area contributed by atoms with E-state index in [2.05, 4.69) is 5.16 Å². The summed E-state index contributed by atoms with van der Waals surface area (Å²) in [7, 11) is 0.950. The van der Waals surface area contributed by atoms with Crippen LogP contribution in [0.2, 0.25) is 0 Å². The minimum atomic E-state index is -4.84. The number of aromatic nitrogens is 2. The first-order valence-corrected chi connectivity index (χ1v) is 10.1. The van der Waals surface area contributed by atoms with Gasteiger partial charge in [-0.15, -0.1) is 11.8 Å². The van der Waals surface area contributed by atoms with Crippen LogP contribution in [0, 0.1) is 0 Å². The zero-order chi connectivity index (χ0) is 22.8. The Kier molecular flexibility index (Phi) is 6.58. The van der Waals surface area contributed by atoms with Crippen LogP contribution < -0.4 is 11.2 Å². The normalized spacial score (nSPS) is 14.9. The van der Waals surface area contributed by atoms with Gasteiger partial charge < -0.3 is 9.57 Å². The van der Waals surface area contributed by atoms with Crippen molar-refractivity contribution in [3.05, 3.63) is 56.4 Å². The lowest BCUT2D eigenvalue weighted by Crippen LogP contribution is -2.40. The van der Waals surface area contributed by atoms with E-state index in [0.29, 0.717) is 38.6 Å².